The molecular weight excluding hydrogens is 480 g/mol. The monoisotopic (exact) mass is 512 g/mol. The van der Waals surface area contributed by atoms with Crippen LogP contribution in [0, 0.1) is 0 Å². The van der Waals surface area contributed by atoms with Crippen LogP contribution in [0.1, 0.15) is 42.7 Å². The third kappa shape index (κ3) is 4.96. The molecule has 5 heteroatoms. The average Bonchev–Trinajstić information content (AvgIpc) is 3.65. The zero-order chi connectivity index (χ0) is 26.6. The number of benzene rings is 3. The molecule has 194 valence electrons. The molecule has 0 fully saturated rings. The van der Waals surface area contributed by atoms with Crippen molar-refractivity contribution in [3.05, 3.63) is 132 Å². The highest BCUT2D eigenvalue weighted by Gasteiger charge is 2.40. The highest BCUT2D eigenvalue weighted by atomic mass is 16.3. The van der Waals surface area contributed by atoms with Crippen molar-refractivity contribution in [1.82, 2.24) is 4.98 Å². The molecule has 0 spiro atoms. The Morgan fingerprint density at radius 3 is 2.28 bits per heavy atom. The number of allylic oxidation sites excluding steroid dienone is 1. The molecule has 0 saturated carbocycles. The molecule has 3 heterocycles. The second-order valence-electron chi connectivity index (χ2n) is 9.68. The molecule has 0 radical (unpaired) electrons. The van der Waals surface area contributed by atoms with Crippen LogP contribution in [0.25, 0.3) is 17.0 Å². The first-order valence-electron chi connectivity index (χ1n) is 13.6. The average molecular weight is 513 g/mol. The van der Waals surface area contributed by atoms with Crippen LogP contribution in [-0.4, -0.2) is 23.8 Å². The van der Waals surface area contributed by atoms with Crippen molar-refractivity contribution >= 4 is 34.2 Å². The van der Waals surface area contributed by atoms with E-state index in [1.165, 1.54) is 16.8 Å². The Bertz CT molecular complexity index is 1590. The smallest absolute Gasteiger partial charge is 0.150 e. The summed E-state index contributed by atoms with van der Waals surface area (Å²) in [5, 5.41) is 8.43. The summed E-state index contributed by atoms with van der Waals surface area (Å²) in [6.45, 7) is 6.34. The fraction of sp³-hybridized carbons (Fsp3) is 0.176. The minimum absolute atomic E-state index is 0.00462. The van der Waals surface area contributed by atoms with Crippen molar-refractivity contribution < 1.29 is 4.42 Å². The fourth-order valence-corrected chi connectivity index (χ4v) is 5.44. The van der Waals surface area contributed by atoms with Crippen LogP contribution in [0.2, 0.25) is 0 Å². The summed E-state index contributed by atoms with van der Waals surface area (Å²) < 4.78 is 5.59. The zero-order valence-corrected chi connectivity index (χ0v) is 22.3. The zero-order valence-electron chi connectivity index (χ0n) is 22.3. The predicted molar refractivity (Wildman–Crippen MR) is 161 cm³/mol. The summed E-state index contributed by atoms with van der Waals surface area (Å²) in [7, 11) is 0. The Labute approximate surface area is 229 Å². The summed E-state index contributed by atoms with van der Waals surface area (Å²) in [5.41, 5.74) is 5.55. The molecule has 2 unspecified atom stereocenters. The molecule has 0 N–H and O–H groups in total. The molecule has 0 bridgehead atoms. The van der Waals surface area contributed by atoms with Crippen LogP contribution in [0.3, 0.4) is 0 Å². The van der Waals surface area contributed by atoms with Gasteiger partial charge in [0, 0.05) is 24.2 Å². The Morgan fingerprint density at radius 1 is 0.769 bits per heavy atom. The van der Waals surface area contributed by atoms with Crippen molar-refractivity contribution in [3.8, 4) is 0 Å². The van der Waals surface area contributed by atoms with E-state index in [1.807, 2.05) is 30.3 Å². The van der Waals surface area contributed by atoms with Gasteiger partial charge in [-0.25, -0.2) is 9.99 Å². The van der Waals surface area contributed by atoms with Crippen LogP contribution in [0.5, 0.6) is 0 Å². The quantitative estimate of drug-likeness (QED) is 0.211. The Kier molecular flexibility index (Phi) is 6.96. The molecule has 1 aliphatic rings. The summed E-state index contributed by atoms with van der Waals surface area (Å²) in [4.78, 5) is 7.41. The van der Waals surface area contributed by atoms with Crippen molar-refractivity contribution in [1.29, 1.82) is 0 Å². The van der Waals surface area contributed by atoms with Crippen molar-refractivity contribution in [3.63, 3.8) is 0 Å². The first-order valence-corrected chi connectivity index (χ1v) is 13.6. The molecule has 2 aromatic heterocycles. The van der Waals surface area contributed by atoms with E-state index in [-0.39, 0.29) is 12.0 Å². The number of aromatic nitrogens is 1. The molecule has 5 nitrogen and oxygen atoms in total. The summed E-state index contributed by atoms with van der Waals surface area (Å²) in [6.07, 6.45) is 5.76. The molecule has 3 aromatic carbocycles. The Hall–Kier alpha value is -4.64. The molecule has 1 aliphatic heterocycles. The number of furan rings is 1. The predicted octanol–water partition coefficient (Wildman–Crippen LogP) is 8.09. The van der Waals surface area contributed by atoms with Crippen molar-refractivity contribution in [2.24, 2.45) is 5.10 Å². The number of hydrogen-bond donors (Lipinski definition) is 0. The van der Waals surface area contributed by atoms with Crippen LogP contribution in [0.15, 0.2) is 125 Å². The van der Waals surface area contributed by atoms with Crippen LogP contribution in [-0.2, 0) is 0 Å². The highest BCUT2D eigenvalue weighted by molar-refractivity contribution is 6.06. The summed E-state index contributed by atoms with van der Waals surface area (Å²) in [5.74, 6) is 1.63. The number of rotatable bonds is 8. The van der Waals surface area contributed by atoms with Gasteiger partial charge >= 0.3 is 0 Å². The number of hydrogen-bond acceptors (Lipinski definition) is 5. The number of fused-ring (bicyclic) bond motifs is 1. The van der Waals surface area contributed by atoms with E-state index in [0.29, 0.717) is 0 Å². The number of hydrazone groups is 1. The highest BCUT2D eigenvalue weighted by Crippen LogP contribution is 2.45. The molecule has 0 saturated heterocycles. The van der Waals surface area contributed by atoms with Crippen LogP contribution < -0.4 is 9.91 Å². The number of para-hydroxylation sites is 1. The lowest BCUT2D eigenvalue weighted by Gasteiger charge is -2.29. The first-order chi connectivity index (χ1) is 19.2. The van der Waals surface area contributed by atoms with Gasteiger partial charge in [0.2, 0.25) is 0 Å². The molecule has 39 heavy (non-hydrogen) atoms. The summed E-state index contributed by atoms with van der Waals surface area (Å²) >= 11 is 0. The van der Waals surface area contributed by atoms with Gasteiger partial charge in [-0.15, -0.1) is 0 Å². The van der Waals surface area contributed by atoms with E-state index >= 15 is 0 Å². The maximum atomic E-state index is 5.59. The Balaban J connectivity index is 1.49. The third-order valence-electron chi connectivity index (χ3n) is 7.42. The molecular formula is C34H32N4O. The van der Waals surface area contributed by atoms with Gasteiger partial charge in [0.25, 0.3) is 0 Å². The standard InChI is InChI=1S/C34H32N4O/c1-3-37(4-2)28-19-16-27(17-20-28)34-33(26-12-6-5-7-13-26)31(22-21-29-14-10-24-39-29)36-38(34)32-23-18-25-11-8-9-15-30(25)35-32/h5-24,33-34H,3-4H2,1-2H3. The molecule has 6 rings (SSSR count). The number of anilines is 2. The van der Waals surface area contributed by atoms with Gasteiger partial charge in [-0.1, -0.05) is 60.7 Å². The van der Waals surface area contributed by atoms with Crippen molar-refractivity contribution in [2.75, 3.05) is 23.0 Å². The fourth-order valence-electron chi connectivity index (χ4n) is 5.44. The summed E-state index contributed by atoms with van der Waals surface area (Å²) in [6, 6.07) is 35.8. The normalized spacial score (nSPS) is 17.2. The van der Waals surface area contributed by atoms with Gasteiger partial charge in [-0.05, 0) is 79.6 Å². The van der Waals surface area contributed by atoms with Gasteiger partial charge in [-0.2, -0.15) is 5.10 Å². The van der Waals surface area contributed by atoms with Gasteiger partial charge in [0.05, 0.1) is 29.5 Å². The third-order valence-corrected chi connectivity index (χ3v) is 7.42. The van der Waals surface area contributed by atoms with E-state index in [4.69, 9.17) is 14.5 Å². The number of pyridine rings is 1. The maximum Gasteiger partial charge on any atom is 0.150 e. The van der Waals surface area contributed by atoms with E-state index in [1.54, 1.807) is 6.26 Å². The molecule has 0 amide bonds. The van der Waals surface area contributed by atoms with Gasteiger partial charge in [-0.3, -0.25) is 0 Å². The van der Waals surface area contributed by atoms with Gasteiger partial charge < -0.3 is 9.32 Å². The van der Waals surface area contributed by atoms with E-state index in [2.05, 4.69) is 109 Å². The maximum absolute atomic E-state index is 5.59. The first kappa shape index (κ1) is 24.7. The van der Waals surface area contributed by atoms with Crippen LogP contribution in [0.4, 0.5) is 11.5 Å². The minimum atomic E-state index is -0.0666. The van der Waals surface area contributed by atoms with E-state index in [0.717, 1.165) is 41.3 Å². The van der Waals surface area contributed by atoms with Crippen molar-refractivity contribution in [2.45, 2.75) is 25.8 Å². The second kappa shape index (κ2) is 11.0. The lowest BCUT2D eigenvalue weighted by molar-refractivity contribution is 0.557. The van der Waals surface area contributed by atoms with E-state index in [9.17, 15) is 0 Å². The lowest BCUT2D eigenvalue weighted by Crippen LogP contribution is -2.25. The minimum Gasteiger partial charge on any atom is -0.465 e. The van der Waals surface area contributed by atoms with Gasteiger partial charge in [0.15, 0.2) is 0 Å². The molecule has 2 atom stereocenters. The lowest BCUT2D eigenvalue weighted by atomic mass is 9.84. The second-order valence-corrected chi connectivity index (χ2v) is 9.68. The SMILES string of the molecule is CCN(CC)c1ccc(C2C(c3ccccc3)C(C=Cc3ccco3)=NN2c2ccc3ccccc3n2)cc1. The Morgan fingerprint density at radius 2 is 1.54 bits per heavy atom. The van der Waals surface area contributed by atoms with E-state index < -0.39 is 0 Å². The molecule has 5 aromatic rings. The molecule has 0 aliphatic carbocycles. The topological polar surface area (TPSA) is 44.9 Å². The number of nitrogens with zero attached hydrogens (tertiary/aromatic N) is 4. The van der Waals surface area contributed by atoms with Gasteiger partial charge in [0.1, 0.15) is 11.6 Å². The largest absolute Gasteiger partial charge is 0.465 e. The van der Waals surface area contributed by atoms with Crippen LogP contribution >= 0.6 is 0 Å².